The summed E-state index contributed by atoms with van der Waals surface area (Å²) in [6, 6.07) is 23.8. The quantitative estimate of drug-likeness (QED) is 0.178. The zero-order chi connectivity index (χ0) is 34.5. The van der Waals surface area contributed by atoms with Crippen LogP contribution in [0, 0.1) is 27.7 Å². The Labute approximate surface area is 280 Å². The molecule has 0 saturated heterocycles. The van der Waals surface area contributed by atoms with Crippen molar-refractivity contribution in [3.8, 4) is 23.0 Å². The van der Waals surface area contributed by atoms with E-state index >= 15 is 0 Å². The Bertz CT molecular complexity index is 2210. The zero-order valence-electron chi connectivity index (χ0n) is 28.8. The van der Waals surface area contributed by atoms with Crippen LogP contribution in [0.15, 0.2) is 82.4 Å². The second kappa shape index (κ2) is 14.5. The third-order valence-electron chi connectivity index (χ3n) is 8.73. The maximum absolute atomic E-state index is 12.6. The van der Waals surface area contributed by atoms with Crippen LogP contribution in [0.3, 0.4) is 0 Å². The average molecular weight is 647 g/mol. The van der Waals surface area contributed by atoms with Crippen LogP contribution in [-0.2, 0) is 12.8 Å². The monoisotopic (exact) mass is 646 g/mol. The molecule has 0 radical (unpaired) electrons. The highest BCUT2D eigenvalue weighted by Gasteiger charge is 2.16. The lowest BCUT2D eigenvalue weighted by Crippen LogP contribution is -2.16. The summed E-state index contributed by atoms with van der Waals surface area (Å²) in [5.74, 6) is 2.70. The molecule has 0 aliphatic carbocycles. The van der Waals surface area contributed by atoms with Crippen molar-refractivity contribution in [3.63, 3.8) is 0 Å². The normalized spacial score (nSPS) is 10.8. The molecule has 8 nitrogen and oxygen atoms in total. The van der Waals surface area contributed by atoms with Crippen molar-refractivity contribution in [3.05, 3.63) is 138 Å². The Hall–Kier alpha value is -5.50. The number of hydrogen-bond donors (Lipinski definition) is 2. The smallest absolute Gasteiger partial charge is 0.252 e. The molecule has 48 heavy (non-hydrogen) atoms. The fourth-order valence-corrected chi connectivity index (χ4v) is 6.11. The molecule has 0 bridgehead atoms. The van der Waals surface area contributed by atoms with E-state index in [0.717, 1.165) is 55.2 Å². The van der Waals surface area contributed by atoms with Gasteiger partial charge in [0.2, 0.25) is 0 Å². The molecule has 0 aliphatic heterocycles. The van der Waals surface area contributed by atoms with Crippen LogP contribution in [0.2, 0.25) is 0 Å². The number of H-pyrrole nitrogens is 2. The molecule has 6 aromatic rings. The Morgan fingerprint density at radius 3 is 1.44 bits per heavy atom. The second-order valence-electron chi connectivity index (χ2n) is 11.9. The number of methoxy groups -OCH3 is 4. The van der Waals surface area contributed by atoms with Gasteiger partial charge in [-0.15, -0.1) is 0 Å². The summed E-state index contributed by atoms with van der Waals surface area (Å²) in [6.07, 6.45) is 1.18. The summed E-state index contributed by atoms with van der Waals surface area (Å²) in [5.41, 5.74) is 9.32. The maximum Gasteiger partial charge on any atom is 0.252 e. The van der Waals surface area contributed by atoms with Gasteiger partial charge in [-0.05, 0) is 49.9 Å². The molecule has 2 N–H and O–H groups in total. The Morgan fingerprint density at radius 2 is 1.00 bits per heavy atom. The van der Waals surface area contributed by atoms with Gasteiger partial charge < -0.3 is 28.9 Å². The van der Waals surface area contributed by atoms with E-state index in [0.29, 0.717) is 35.8 Å². The number of aryl methyl sites for hydroxylation is 4. The van der Waals surface area contributed by atoms with Gasteiger partial charge in [-0.25, -0.2) is 0 Å². The SMILES string of the molecule is COc1cc(OC)c2c(C)c(Cc3ccc(C)cc3)c(=O)[nH]c2c1.COc1cc(OC)c2c(C)c(Cc3cccc(C)c3)c(=O)[nH]c2c1. The molecule has 2 heterocycles. The van der Waals surface area contributed by atoms with E-state index in [4.69, 9.17) is 18.9 Å². The maximum atomic E-state index is 12.6. The van der Waals surface area contributed by atoms with Crippen LogP contribution in [0.4, 0.5) is 0 Å². The van der Waals surface area contributed by atoms with Crippen LogP contribution in [0.5, 0.6) is 23.0 Å². The van der Waals surface area contributed by atoms with Crippen molar-refractivity contribution in [2.24, 2.45) is 0 Å². The van der Waals surface area contributed by atoms with Gasteiger partial charge in [-0.3, -0.25) is 9.59 Å². The molecule has 0 unspecified atom stereocenters. The van der Waals surface area contributed by atoms with Crippen molar-refractivity contribution in [2.45, 2.75) is 40.5 Å². The molecule has 4 aromatic carbocycles. The van der Waals surface area contributed by atoms with Crippen molar-refractivity contribution in [1.82, 2.24) is 9.97 Å². The number of ether oxygens (including phenoxy) is 4. The first-order valence-corrected chi connectivity index (χ1v) is 15.7. The Balaban J connectivity index is 0.000000188. The van der Waals surface area contributed by atoms with E-state index in [1.807, 2.05) is 50.2 Å². The fraction of sp³-hybridized carbons (Fsp3) is 0.250. The molecule has 0 amide bonds. The molecule has 0 atom stereocenters. The highest BCUT2D eigenvalue weighted by molar-refractivity contribution is 5.91. The zero-order valence-corrected chi connectivity index (χ0v) is 28.8. The van der Waals surface area contributed by atoms with Gasteiger partial charge in [0.05, 0.1) is 39.5 Å². The van der Waals surface area contributed by atoms with Gasteiger partial charge in [0, 0.05) is 59.0 Å². The third-order valence-corrected chi connectivity index (χ3v) is 8.73. The highest BCUT2D eigenvalue weighted by Crippen LogP contribution is 2.34. The number of aromatic nitrogens is 2. The standard InChI is InChI=1S/2C20H21NO3/c1-12-5-7-14(8-6-12)9-16-13(2)19-17(21-20(16)22)10-15(23-3)11-18(19)24-4;1-12-6-5-7-14(8-12)9-16-13(2)19-17(21-20(16)22)10-15(23-3)11-18(19)24-4/h2*5-8,10-11H,9H2,1-4H3,(H,21,22). The lowest BCUT2D eigenvalue weighted by Gasteiger charge is -2.14. The molecule has 248 valence electrons. The van der Waals surface area contributed by atoms with Crippen molar-refractivity contribution < 1.29 is 18.9 Å². The summed E-state index contributed by atoms with van der Waals surface area (Å²) in [4.78, 5) is 31.1. The third kappa shape index (κ3) is 7.08. The van der Waals surface area contributed by atoms with Crippen molar-refractivity contribution in [2.75, 3.05) is 28.4 Å². The van der Waals surface area contributed by atoms with Crippen LogP contribution in [-0.4, -0.2) is 38.4 Å². The summed E-state index contributed by atoms with van der Waals surface area (Å²) in [6.45, 7) is 8.04. The van der Waals surface area contributed by atoms with E-state index < -0.39 is 0 Å². The number of benzene rings is 4. The summed E-state index contributed by atoms with van der Waals surface area (Å²) in [5, 5.41) is 1.83. The van der Waals surface area contributed by atoms with Crippen LogP contribution in [0.25, 0.3) is 21.8 Å². The van der Waals surface area contributed by atoms with E-state index in [9.17, 15) is 9.59 Å². The first-order valence-electron chi connectivity index (χ1n) is 15.7. The largest absolute Gasteiger partial charge is 0.497 e. The number of aromatic amines is 2. The first-order chi connectivity index (χ1) is 23.1. The summed E-state index contributed by atoms with van der Waals surface area (Å²) >= 11 is 0. The van der Waals surface area contributed by atoms with Crippen molar-refractivity contribution in [1.29, 1.82) is 0 Å². The highest BCUT2D eigenvalue weighted by atomic mass is 16.5. The van der Waals surface area contributed by atoms with E-state index in [2.05, 4.69) is 60.2 Å². The second-order valence-corrected chi connectivity index (χ2v) is 11.9. The fourth-order valence-electron chi connectivity index (χ4n) is 6.11. The molecule has 0 fully saturated rings. The van der Waals surface area contributed by atoms with E-state index in [1.54, 1.807) is 28.4 Å². The predicted octanol–water partition coefficient (Wildman–Crippen LogP) is 7.51. The molecule has 8 heteroatoms. The molecular formula is C40H42N2O6. The van der Waals surface area contributed by atoms with Crippen molar-refractivity contribution >= 4 is 21.8 Å². The number of nitrogens with one attached hydrogen (secondary N) is 2. The molecule has 2 aromatic heterocycles. The summed E-state index contributed by atoms with van der Waals surface area (Å²) < 4.78 is 21.6. The minimum atomic E-state index is -0.0733. The number of pyridine rings is 2. The number of rotatable bonds is 8. The van der Waals surface area contributed by atoms with Gasteiger partial charge in [-0.1, -0.05) is 59.7 Å². The topological polar surface area (TPSA) is 103 Å². The van der Waals surface area contributed by atoms with Gasteiger partial charge in [0.25, 0.3) is 11.1 Å². The molecule has 0 saturated carbocycles. The molecule has 0 spiro atoms. The van der Waals surface area contributed by atoms with Crippen LogP contribution >= 0.6 is 0 Å². The Kier molecular flexibility index (Phi) is 10.2. The lowest BCUT2D eigenvalue weighted by atomic mass is 9.97. The van der Waals surface area contributed by atoms with Crippen LogP contribution in [0.1, 0.15) is 44.5 Å². The molecule has 0 aliphatic rings. The van der Waals surface area contributed by atoms with Gasteiger partial charge in [-0.2, -0.15) is 0 Å². The van der Waals surface area contributed by atoms with Gasteiger partial charge in [0.1, 0.15) is 23.0 Å². The van der Waals surface area contributed by atoms with E-state index in [1.165, 1.54) is 11.1 Å². The first kappa shape index (κ1) is 33.9. The Morgan fingerprint density at radius 1 is 0.521 bits per heavy atom. The number of fused-ring (bicyclic) bond motifs is 2. The summed E-state index contributed by atoms with van der Waals surface area (Å²) in [7, 11) is 6.44. The van der Waals surface area contributed by atoms with Crippen LogP contribution < -0.4 is 30.1 Å². The average Bonchev–Trinajstić information content (AvgIpc) is 3.08. The van der Waals surface area contributed by atoms with E-state index in [-0.39, 0.29) is 11.1 Å². The molecular weight excluding hydrogens is 604 g/mol. The minimum absolute atomic E-state index is 0.0724. The number of hydrogen-bond acceptors (Lipinski definition) is 6. The van der Waals surface area contributed by atoms with Gasteiger partial charge in [0.15, 0.2) is 0 Å². The molecule has 6 rings (SSSR count). The lowest BCUT2D eigenvalue weighted by molar-refractivity contribution is 0.397. The minimum Gasteiger partial charge on any atom is -0.497 e. The van der Waals surface area contributed by atoms with Gasteiger partial charge >= 0.3 is 0 Å². The predicted molar refractivity (Wildman–Crippen MR) is 193 cm³/mol.